The van der Waals surface area contributed by atoms with Crippen molar-refractivity contribution in [2.75, 3.05) is 7.11 Å². The van der Waals surface area contributed by atoms with Crippen molar-refractivity contribution in [3.8, 4) is 11.5 Å². The zero-order chi connectivity index (χ0) is 15.2. The van der Waals surface area contributed by atoms with Gasteiger partial charge in [0.25, 0.3) is 0 Å². The zero-order valence-corrected chi connectivity index (χ0v) is 11.2. The average Bonchev–Trinajstić information content (AvgIpc) is 2.71. The number of ketones is 2. The standard InChI is InChI=1S/C16H12O5/c1-21-12-8-4-7-11(13(12)17)16(20)14(18)9-5-2-3-6-10(9)15(16)19/h2-8,17,20H,1H3. The molecule has 5 nitrogen and oxygen atoms in total. The lowest BCUT2D eigenvalue weighted by Gasteiger charge is -2.21. The van der Waals surface area contributed by atoms with E-state index in [9.17, 15) is 19.8 Å². The molecule has 3 rings (SSSR count). The SMILES string of the molecule is COc1cccc(C2(O)C(=O)c3ccccc3C2=O)c1O. The molecule has 0 radical (unpaired) electrons. The summed E-state index contributed by atoms with van der Waals surface area (Å²) in [7, 11) is 1.34. The first-order valence-corrected chi connectivity index (χ1v) is 6.29. The molecule has 0 saturated carbocycles. The second-order valence-electron chi connectivity index (χ2n) is 4.77. The molecule has 106 valence electrons. The topological polar surface area (TPSA) is 83.8 Å². The number of Topliss-reactive ketones (excluding diaryl/α,β-unsaturated/α-hetero) is 2. The van der Waals surface area contributed by atoms with Crippen molar-refractivity contribution in [2.24, 2.45) is 0 Å². The highest BCUT2D eigenvalue weighted by Crippen LogP contribution is 2.43. The molecule has 1 aliphatic carbocycles. The highest BCUT2D eigenvalue weighted by Gasteiger charge is 2.54. The third kappa shape index (κ3) is 1.61. The lowest BCUT2D eigenvalue weighted by molar-refractivity contribution is 0.0311. The van der Waals surface area contributed by atoms with Crippen LogP contribution in [0.25, 0.3) is 0 Å². The van der Waals surface area contributed by atoms with Crippen LogP contribution in [0.1, 0.15) is 26.3 Å². The van der Waals surface area contributed by atoms with Gasteiger partial charge in [-0.15, -0.1) is 0 Å². The molecule has 5 heteroatoms. The summed E-state index contributed by atoms with van der Waals surface area (Å²) >= 11 is 0. The van der Waals surface area contributed by atoms with E-state index in [0.717, 1.165) is 0 Å². The van der Waals surface area contributed by atoms with Gasteiger partial charge >= 0.3 is 0 Å². The molecule has 0 aliphatic heterocycles. The number of carbonyl (C=O) groups excluding carboxylic acids is 2. The summed E-state index contributed by atoms with van der Waals surface area (Å²) in [4.78, 5) is 24.9. The largest absolute Gasteiger partial charge is 0.504 e. The number of rotatable bonds is 2. The van der Waals surface area contributed by atoms with Gasteiger partial charge in [-0.05, 0) is 6.07 Å². The van der Waals surface area contributed by atoms with Crippen molar-refractivity contribution in [1.29, 1.82) is 0 Å². The fourth-order valence-corrected chi connectivity index (χ4v) is 2.60. The van der Waals surface area contributed by atoms with Crippen molar-refractivity contribution in [1.82, 2.24) is 0 Å². The third-order valence-electron chi connectivity index (χ3n) is 3.68. The predicted molar refractivity (Wildman–Crippen MR) is 73.7 cm³/mol. The number of fused-ring (bicyclic) bond motifs is 1. The molecule has 0 heterocycles. The van der Waals surface area contributed by atoms with Crippen LogP contribution in [0.3, 0.4) is 0 Å². The minimum Gasteiger partial charge on any atom is -0.504 e. The Morgan fingerprint density at radius 3 is 2.05 bits per heavy atom. The summed E-state index contributed by atoms with van der Waals surface area (Å²) in [6, 6.07) is 10.5. The summed E-state index contributed by atoms with van der Waals surface area (Å²) in [6.45, 7) is 0. The predicted octanol–water partition coefficient (Wildman–Crippen LogP) is 1.67. The van der Waals surface area contributed by atoms with E-state index >= 15 is 0 Å². The highest BCUT2D eigenvalue weighted by atomic mass is 16.5. The Labute approximate surface area is 120 Å². The van der Waals surface area contributed by atoms with Crippen LogP contribution >= 0.6 is 0 Å². The number of phenols is 1. The Morgan fingerprint density at radius 2 is 1.52 bits per heavy atom. The van der Waals surface area contributed by atoms with Crippen LogP contribution in [-0.4, -0.2) is 28.9 Å². The van der Waals surface area contributed by atoms with Gasteiger partial charge in [0.1, 0.15) is 0 Å². The van der Waals surface area contributed by atoms with E-state index in [2.05, 4.69) is 0 Å². The van der Waals surface area contributed by atoms with E-state index in [4.69, 9.17) is 4.74 Å². The maximum absolute atomic E-state index is 12.5. The monoisotopic (exact) mass is 284 g/mol. The van der Waals surface area contributed by atoms with Gasteiger partial charge in [0.15, 0.2) is 11.5 Å². The first-order valence-electron chi connectivity index (χ1n) is 6.29. The maximum Gasteiger partial charge on any atom is 0.220 e. The number of benzene rings is 2. The van der Waals surface area contributed by atoms with Gasteiger partial charge in [-0.2, -0.15) is 0 Å². The van der Waals surface area contributed by atoms with Crippen LogP contribution in [-0.2, 0) is 5.60 Å². The van der Waals surface area contributed by atoms with E-state index in [1.165, 1.54) is 37.4 Å². The number of carbonyl (C=O) groups is 2. The van der Waals surface area contributed by atoms with Gasteiger partial charge in [-0.1, -0.05) is 36.4 Å². The number of hydrogen-bond donors (Lipinski definition) is 2. The van der Waals surface area contributed by atoms with Gasteiger partial charge in [-0.3, -0.25) is 9.59 Å². The molecule has 2 aromatic carbocycles. The molecule has 0 fully saturated rings. The summed E-state index contributed by atoms with van der Waals surface area (Å²) in [6.07, 6.45) is 0. The summed E-state index contributed by atoms with van der Waals surface area (Å²) in [5.41, 5.74) is -2.30. The fourth-order valence-electron chi connectivity index (χ4n) is 2.60. The molecule has 2 N–H and O–H groups in total. The normalized spacial score (nSPS) is 15.9. The minimum atomic E-state index is -2.41. The van der Waals surface area contributed by atoms with Gasteiger partial charge in [-0.25, -0.2) is 0 Å². The Hall–Kier alpha value is -2.66. The molecule has 0 bridgehead atoms. The Balaban J connectivity index is 2.24. The highest BCUT2D eigenvalue weighted by molar-refractivity contribution is 6.32. The molecule has 0 saturated heterocycles. The third-order valence-corrected chi connectivity index (χ3v) is 3.68. The molecule has 0 spiro atoms. The number of phenolic OH excluding ortho intramolecular Hbond substituents is 1. The molecule has 0 unspecified atom stereocenters. The average molecular weight is 284 g/mol. The van der Waals surface area contributed by atoms with Crippen molar-refractivity contribution in [3.63, 3.8) is 0 Å². The summed E-state index contributed by atoms with van der Waals surface area (Å²) in [5.74, 6) is -1.83. The second-order valence-corrected chi connectivity index (χ2v) is 4.77. The number of aromatic hydroxyl groups is 1. The Morgan fingerprint density at radius 1 is 0.952 bits per heavy atom. The van der Waals surface area contributed by atoms with Crippen LogP contribution in [0.15, 0.2) is 42.5 Å². The van der Waals surface area contributed by atoms with Crippen LogP contribution in [0.4, 0.5) is 0 Å². The quantitative estimate of drug-likeness (QED) is 0.819. The second kappa shape index (κ2) is 4.43. The van der Waals surface area contributed by atoms with Crippen molar-refractivity contribution < 1.29 is 24.5 Å². The molecule has 0 atom stereocenters. The van der Waals surface area contributed by atoms with Gasteiger partial charge in [0.05, 0.1) is 7.11 Å². The lowest BCUT2D eigenvalue weighted by Crippen LogP contribution is -2.38. The van der Waals surface area contributed by atoms with Crippen molar-refractivity contribution in [2.45, 2.75) is 5.60 Å². The molecule has 2 aromatic rings. The number of ether oxygens (including phenoxy) is 1. The van der Waals surface area contributed by atoms with E-state index in [-0.39, 0.29) is 22.4 Å². The fraction of sp³-hybridized carbons (Fsp3) is 0.125. The number of aliphatic hydroxyl groups is 1. The molecule has 21 heavy (non-hydrogen) atoms. The van der Waals surface area contributed by atoms with Gasteiger partial charge in [0, 0.05) is 16.7 Å². The van der Waals surface area contributed by atoms with E-state index in [0.29, 0.717) is 0 Å². The van der Waals surface area contributed by atoms with Crippen molar-refractivity contribution in [3.05, 3.63) is 59.2 Å². The zero-order valence-electron chi connectivity index (χ0n) is 11.2. The molecule has 0 aromatic heterocycles. The number of hydrogen-bond acceptors (Lipinski definition) is 5. The summed E-state index contributed by atoms with van der Waals surface area (Å²) in [5, 5.41) is 20.8. The minimum absolute atomic E-state index is 0.0810. The van der Waals surface area contributed by atoms with E-state index < -0.39 is 22.9 Å². The number of methoxy groups -OCH3 is 1. The maximum atomic E-state index is 12.5. The molecular formula is C16H12O5. The number of para-hydroxylation sites is 1. The van der Waals surface area contributed by atoms with Gasteiger partial charge < -0.3 is 14.9 Å². The van der Waals surface area contributed by atoms with Crippen LogP contribution in [0.5, 0.6) is 11.5 Å². The van der Waals surface area contributed by atoms with Crippen LogP contribution < -0.4 is 4.74 Å². The molecule has 1 aliphatic rings. The van der Waals surface area contributed by atoms with Gasteiger partial charge in [0.2, 0.25) is 17.2 Å². The van der Waals surface area contributed by atoms with Crippen molar-refractivity contribution >= 4 is 11.6 Å². The molecule has 0 amide bonds. The first kappa shape index (κ1) is 13.3. The Bertz CT molecular complexity index is 728. The lowest BCUT2D eigenvalue weighted by atomic mass is 9.88. The smallest absolute Gasteiger partial charge is 0.220 e. The molecular weight excluding hydrogens is 272 g/mol. The Kier molecular flexibility index (Phi) is 2.81. The summed E-state index contributed by atoms with van der Waals surface area (Å²) < 4.78 is 4.95. The van der Waals surface area contributed by atoms with E-state index in [1.54, 1.807) is 12.1 Å². The van der Waals surface area contributed by atoms with E-state index in [1.807, 2.05) is 0 Å². The van der Waals surface area contributed by atoms with Crippen LogP contribution in [0.2, 0.25) is 0 Å². The van der Waals surface area contributed by atoms with Crippen LogP contribution in [0, 0.1) is 0 Å². The first-order chi connectivity index (χ1) is 10.0.